The van der Waals surface area contributed by atoms with Crippen molar-refractivity contribution in [2.24, 2.45) is 0 Å². The van der Waals surface area contributed by atoms with Gasteiger partial charge in [0.25, 0.3) is 5.91 Å². The van der Waals surface area contributed by atoms with Crippen molar-refractivity contribution in [3.05, 3.63) is 65.2 Å². The van der Waals surface area contributed by atoms with E-state index in [1.807, 2.05) is 83.1 Å². The summed E-state index contributed by atoms with van der Waals surface area (Å²) in [7, 11) is 0. The summed E-state index contributed by atoms with van der Waals surface area (Å²) >= 11 is 0. The Kier molecular flexibility index (Phi) is 8.90. The van der Waals surface area contributed by atoms with E-state index in [-0.39, 0.29) is 24.5 Å². The van der Waals surface area contributed by atoms with E-state index in [1.165, 1.54) is 0 Å². The minimum atomic E-state index is -0.547. The average molecular weight is 411 g/mol. The maximum Gasteiger partial charge on any atom is 0.261 e. The molecular weight excluding hydrogens is 376 g/mol. The first-order valence-corrected chi connectivity index (χ1v) is 10.7. The van der Waals surface area contributed by atoms with E-state index in [0.717, 1.165) is 23.1 Å². The third-order valence-corrected chi connectivity index (χ3v) is 5.28. The first kappa shape index (κ1) is 23.5. The Labute approximate surface area is 180 Å². The summed E-state index contributed by atoms with van der Waals surface area (Å²) in [4.78, 5) is 27.7. The Balaban J connectivity index is 2.21. The van der Waals surface area contributed by atoms with Gasteiger partial charge in [0.1, 0.15) is 11.8 Å². The third-order valence-electron chi connectivity index (χ3n) is 5.28. The molecule has 2 amide bonds. The number of hydrogen-bond acceptors (Lipinski definition) is 3. The van der Waals surface area contributed by atoms with Crippen molar-refractivity contribution in [2.45, 2.75) is 66.1 Å². The highest BCUT2D eigenvalue weighted by molar-refractivity contribution is 5.88. The van der Waals surface area contributed by atoms with Gasteiger partial charge in [-0.2, -0.15) is 0 Å². The lowest BCUT2D eigenvalue weighted by Crippen LogP contribution is -2.51. The lowest BCUT2D eigenvalue weighted by atomic mass is 10.1. The lowest BCUT2D eigenvalue weighted by molar-refractivity contribution is -0.143. The zero-order valence-electron chi connectivity index (χ0n) is 18.8. The van der Waals surface area contributed by atoms with Crippen molar-refractivity contribution in [2.75, 3.05) is 6.61 Å². The molecular formula is C25H34N2O3. The van der Waals surface area contributed by atoms with Crippen LogP contribution in [-0.4, -0.2) is 35.4 Å². The normalized spacial score (nSPS) is 12.7. The number of carbonyl (C=O) groups is 2. The van der Waals surface area contributed by atoms with E-state index in [0.29, 0.717) is 18.7 Å². The molecule has 0 aliphatic carbocycles. The monoisotopic (exact) mass is 410 g/mol. The smallest absolute Gasteiger partial charge is 0.261 e. The fraction of sp³-hybridized carbons (Fsp3) is 0.440. The molecule has 30 heavy (non-hydrogen) atoms. The molecule has 5 heteroatoms. The third kappa shape index (κ3) is 6.61. The molecule has 0 fully saturated rings. The van der Waals surface area contributed by atoms with Gasteiger partial charge < -0.3 is 15.0 Å². The molecule has 0 saturated heterocycles. The molecule has 0 unspecified atom stereocenters. The fourth-order valence-corrected chi connectivity index (χ4v) is 3.23. The number of nitrogens with one attached hydrogen (secondary N) is 1. The largest absolute Gasteiger partial charge is 0.483 e. The van der Waals surface area contributed by atoms with Crippen LogP contribution in [0.1, 0.15) is 50.3 Å². The van der Waals surface area contributed by atoms with Gasteiger partial charge in [-0.25, -0.2) is 0 Å². The van der Waals surface area contributed by atoms with Gasteiger partial charge in [-0.1, -0.05) is 56.3 Å². The highest BCUT2D eigenvalue weighted by atomic mass is 16.5. The summed E-state index contributed by atoms with van der Waals surface area (Å²) in [6.07, 6.45) is 1.37. The molecule has 0 aromatic heterocycles. The van der Waals surface area contributed by atoms with E-state index >= 15 is 0 Å². The van der Waals surface area contributed by atoms with Crippen molar-refractivity contribution in [1.29, 1.82) is 0 Å². The Bertz CT molecular complexity index is 836. The van der Waals surface area contributed by atoms with E-state index in [9.17, 15) is 9.59 Å². The maximum absolute atomic E-state index is 13.2. The van der Waals surface area contributed by atoms with Gasteiger partial charge in [0.05, 0.1) is 0 Å². The van der Waals surface area contributed by atoms with Gasteiger partial charge in [-0.15, -0.1) is 0 Å². The number of benzene rings is 2. The summed E-state index contributed by atoms with van der Waals surface area (Å²) in [5, 5.41) is 3.02. The van der Waals surface area contributed by atoms with Crippen molar-refractivity contribution in [3.8, 4) is 5.75 Å². The Morgan fingerprint density at radius 3 is 2.37 bits per heavy atom. The average Bonchev–Trinajstić information content (AvgIpc) is 2.74. The molecule has 0 saturated carbocycles. The predicted molar refractivity (Wildman–Crippen MR) is 120 cm³/mol. The minimum Gasteiger partial charge on any atom is -0.483 e. The number of ether oxygens (including phenoxy) is 1. The zero-order chi connectivity index (χ0) is 22.1. The van der Waals surface area contributed by atoms with Gasteiger partial charge >= 0.3 is 0 Å². The van der Waals surface area contributed by atoms with Crippen LogP contribution in [0.3, 0.4) is 0 Å². The highest BCUT2D eigenvalue weighted by Crippen LogP contribution is 2.20. The van der Waals surface area contributed by atoms with Crippen LogP contribution in [0.5, 0.6) is 5.75 Å². The summed E-state index contributed by atoms with van der Waals surface area (Å²) in [5.41, 5.74) is 3.03. The fourth-order valence-electron chi connectivity index (χ4n) is 3.23. The Morgan fingerprint density at radius 1 is 1.03 bits per heavy atom. The molecule has 0 bridgehead atoms. The highest BCUT2D eigenvalue weighted by Gasteiger charge is 2.29. The predicted octanol–water partition coefficient (Wildman–Crippen LogP) is 4.40. The summed E-state index contributed by atoms with van der Waals surface area (Å²) < 4.78 is 5.85. The standard InChI is InChI=1S/C25H34N2O3/c1-6-20(5)26-25(29)22(7-2)27(16-21-11-9-8-10-12-21)24(28)17-30-23-15-18(3)13-14-19(23)4/h8-15,20,22H,6-7,16-17H2,1-5H3,(H,26,29)/t20-,22+/m1/s1. The molecule has 0 aliphatic rings. The Hall–Kier alpha value is -2.82. The second-order valence-corrected chi connectivity index (χ2v) is 7.81. The van der Waals surface area contributed by atoms with Gasteiger partial charge in [-0.05, 0) is 56.4 Å². The molecule has 2 aromatic rings. The van der Waals surface area contributed by atoms with Gasteiger partial charge in [0.15, 0.2) is 6.61 Å². The first-order valence-electron chi connectivity index (χ1n) is 10.7. The lowest BCUT2D eigenvalue weighted by Gasteiger charge is -2.31. The molecule has 162 valence electrons. The van der Waals surface area contributed by atoms with E-state index in [4.69, 9.17) is 4.74 Å². The minimum absolute atomic E-state index is 0.0615. The molecule has 0 spiro atoms. The molecule has 0 aliphatic heterocycles. The number of aryl methyl sites for hydroxylation is 2. The summed E-state index contributed by atoms with van der Waals surface area (Å²) in [5.74, 6) is 0.369. The first-order chi connectivity index (χ1) is 14.3. The van der Waals surface area contributed by atoms with Crippen molar-refractivity contribution >= 4 is 11.8 Å². The molecule has 0 heterocycles. The second kappa shape index (κ2) is 11.4. The van der Waals surface area contributed by atoms with Crippen molar-refractivity contribution in [1.82, 2.24) is 10.2 Å². The summed E-state index contributed by atoms with van der Waals surface area (Å²) in [6.45, 7) is 10.1. The number of hydrogen-bond donors (Lipinski definition) is 1. The Morgan fingerprint density at radius 2 is 1.73 bits per heavy atom. The van der Waals surface area contributed by atoms with Crippen LogP contribution in [0.15, 0.2) is 48.5 Å². The van der Waals surface area contributed by atoms with Crippen LogP contribution in [0.4, 0.5) is 0 Å². The number of rotatable bonds is 10. The number of nitrogens with zero attached hydrogens (tertiary/aromatic N) is 1. The quantitative estimate of drug-likeness (QED) is 0.631. The van der Waals surface area contributed by atoms with Crippen LogP contribution in [0, 0.1) is 13.8 Å². The van der Waals surface area contributed by atoms with E-state index in [1.54, 1.807) is 4.90 Å². The van der Waals surface area contributed by atoms with Crippen LogP contribution < -0.4 is 10.1 Å². The maximum atomic E-state index is 13.2. The SMILES string of the molecule is CC[C@@H](C)NC(=O)[C@H](CC)N(Cc1ccccc1)C(=O)COc1cc(C)ccc1C. The number of amides is 2. The van der Waals surface area contributed by atoms with Gasteiger partial charge in [0.2, 0.25) is 5.91 Å². The van der Waals surface area contributed by atoms with Crippen LogP contribution in [-0.2, 0) is 16.1 Å². The molecule has 2 atom stereocenters. The van der Waals surface area contributed by atoms with E-state index < -0.39 is 6.04 Å². The van der Waals surface area contributed by atoms with Gasteiger partial charge in [-0.3, -0.25) is 9.59 Å². The van der Waals surface area contributed by atoms with Crippen LogP contribution in [0.2, 0.25) is 0 Å². The number of carbonyl (C=O) groups excluding carboxylic acids is 2. The molecule has 0 radical (unpaired) electrons. The molecule has 2 aromatic carbocycles. The second-order valence-electron chi connectivity index (χ2n) is 7.81. The van der Waals surface area contributed by atoms with Crippen LogP contribution >= 0.6 is 0 Å². The topological polar surface area (TPSA) is 58.6 Å². The molecule has 2 rings (SSSR count). The van der Waals surface area contributed by atoms with Crippen molar-refractivity contribution in [3.63, 3.8) is 0 Å². The van der Waals surface area contributed by atoms with Crippen LogP contribution in [0.25, 0.3) is 0 Å². The van der Waals surface area contributed by atoms with Crippen molar-refractivity contribution < 1.29 is 14.3 Å². The molecule has 5 nitrogen and oxygen atoms in total. The van der Waals surface area contributed by atoms with E-state index in [2.05, 4.69) is 5.32 Å². The zero-order valence-corrected chi connectivity index (χ0v) is 18.8. The summed E-state index contributed by atoms with van der Waals surface area (Å²) in [6, 6.07) is 15.2. The molecule has 1 N–H and O–H groups in total. The van der Waals surface area contributed by atoms with Gasteiger partial charge in [0, 0.05) is 12.6 Å².